The Labute approximate surface area is 213 Å². The maximum absolute atomic E-state index is 12.7. The van der Waals surface area contributed by atoms with Crippen molar-refractivity contribution in [3.05, 3.63) is 114 Å². The van der Waals surface area contributed by atoms with Crippen molar-refractivity contribution in [3.63, 3.8) is 0 Å². The summed E-state index contributed by atoms with van der Waals surface area (Å²) in [5, 5.41) is 7.09. The first-order valence-electron chi connectivity index (χ1n) is 11.6. The van der Waals surface area contributed by atoms with E-state index in [1.165, 1.54) is 22.9 Å². The average molecular weight is 496 g/mol. The molecule has 0 fully saturated rings. The predicted octanol–water partition coefficient (Wildman–Crippen LogP) is 6.79. The van der Waals surface area contributed by atoms with Gasteiger partial charge in [0.1, 0.15) is 16.2 Å². The molecule has 0 saturated heterocycles. The molecule has 0 saturated carbocycles. The first-order chi connectivity index (χ1) is 17.3. The number of hydrogen-bond donors (Lipinski definition) is 1. The lowest BCUT2D eigenvalue weighted by molar-refractivity contribution is -0.118. The third-order valence-corrected chi connectivity index (χ3v) is 7.80. The van der Waals surface area contributed by atoms with Crippen molar-refractivity contribution in [2.75, 3.05) is 12.3 Å². The molecule has 5 aromatic rings. The van der Waals surface area contributed by atoms with Crippen LogP contribution in [0.15, 0.2) is 108 Å². The Morgan fingerprint density at radius 3 is 2.14 bits per heavy atom. The van der Waals surface area contributed by atoms with E-state index in [1.54, 1.807) is 17.7 Å². The number of nitrogens with one attached hydrogen (secondary N) is 1. The molecule has 174 valence electrons. The molecular formula is C29H25N3OS2. The maximum atomic E-state index is 12.7. The molecule has 35 heavy (non-hydrogen) atoms. The zero-order chi connectivity index (χ0) is 23.9. The fourth-order valence-corrected chi connectivity index (χ4v) is 6.05. The van der Waals surface area contributed by atoms with Crippen molar-refractivity contribution in [2.45, 2.75) is 17.4 Å². The number of fused-ring (bicyclic) bond motifs is 1. The topological polar surface area (TPSA) is 54.9 Å². The van der Waals surface area contributed by atoms with Gasteiger partial charge in [0.25, 0.3) is 0 Å². The largest absolute Gasteiger partial charge is 0.355 e. The van der Waals surface area contributed by atoms with Gasteiger partial charge in [0, 0.05) is 23.4 Å². The van der Waals surface area contributed by atoms with Gasteiger partial charge in [0.15, 0.2) is 0 Å². The van der Waals surface area contributed by atoms with Crippen LogP contribution < -0.4 is 5.32 Å². The van der Waals surface area contributed by atoms with Crippen LogP contribution in [0, 0.1) is 0 Å². The molecule has 2 aromatic heterocycles. The number of hydrogen-bond acceptors (Lipinski definition) is 5. The molecule has 0 aliphatic rings. The fourth-order valence-electron chi connectivity index (χ4n) is 4.22. The van der Waals surface area contributed by atoms with Gasteiger partial charge in [-0.25, -0.2) is 9.97 Å². The molecule has 0 radical (unpaired) electrons. The highest BCUT2D eigenvalue weighted by Crippen LogP contribution is 2.37. The second kappa shape index (κ2) is 11.3. The Morgan fingerprint density at radius 2 is 1.49 bits per heavy atom. The minimum absolute atomic E-state index is 0.0122. The van der Waals surface area contributed by atoms with Gasteiger partial charge in [0.2, 0.25) is 5.91 Å². The van der Waals surface area contributed by atoms with E-state index in [9.17, 15) is 4.79 Å². The van der Waals surface area contributed by atoms with Gasteiger partial charge in [-0.05, 0) is 23.1 Å². The highest BCUT2D eigenvalue weighted by Gasteiger charge is 2.16. The third kappa shape index (κ3) is 5.61. The van der Waals surface area contributed by atoms with Crippen LogP contribution in [0.3, 0.4) is 0 Å². The smallest absolute Gasteiger partial charge is 0.230 e. The summed E-state index contributed by atoms with van der Waals surface area (Å²) >= 11 is 3.07. The van der Waals surface area contributed by atoms with Crippen LogP contribution >= 0.6 is 23.1 Å². The maximum Gasteiger partial charge on any atom is 0.230 e. The highest BCUT2D eigenvalue weighted by molar-refractivity contribution is 8.00. The number of carbonyl (C=O) groups excluding carboxylic acids is 1. The van der Waals surface area contributed by atoms with Crippen LogP contribution in [0.2, 0.25) is 0 Å². The second-order valence-electron chi connectivity index (χ2n) is 8.18. The summed E-state index contributed by atoms with van der Waals surface area (Å²) in [7, 11) is 0. The van der Waals surface area contributed by atoms with Gasteiger partial charge in [-0.2, -0.15) is 0 Å². The number of benzene rings is 3. The van der Waals surface area contributed by atoms with Crippen molar-refractivity contribution in [1.82, 2.24) is 15.3 Å². The van der Waals surface area contributed by atoms with E-state index in [1.807, 2.05) is 30.3 Å². The lowest BCUT2D eigenvalue weighted by atomic mass is 9.88. The summed E-state index contributed by atoms with van der Waals surface area (Å²) < 4.78 is 0. The SMILES string of the molecule is O=C(CSc1ncnc2scc(-c3ccccc3)c12)NCCC(c1ccccc1)c1ccccc1. The van der Waals surface area contributed by atoms with Crippen molar-refractivity contribution in [3.8, 4) is 11.1 Å². The Balaban J connectivity index is 1.23. The average Bonchev–Trinajstić information content (AvgIpc) is 3.36. The summed E-state index contributed by atoms with van der Waals surface area (Å²) in [6.07, 6.45) is 2.42. The number of thiophene rings is 1. The minimum Gasteiger partial charge on any atom is -0.355 e. The summed E-state index contributed by atoms with van der Waals surface area (Å²) in [6.45, 7) is 0.612. The van der Waals surface area contributed by atoms with Crippen LogP contribution in [-0.2, 0) is 4.79 Å². The van der Waals surface area contributed by atoms with E-state index in [0.29, 0.717) is 12.3 Å². The van der Waals surface area contributed by atoms with E-state index in [-0.39, 0.29) is 11.8 Å². The van der Waals surface area contributed by atoms with Crippen LogP contribution in [0.4, 0.5) is 0 Å². The molecule has 1 amide bonds. The van der Waals surface area contributed by atoms with Crippen LogP contribution in [0.25, 0.3) is 21.3 Å². The first-order valence-corrected chi connectivity index (χ1v) is 13.4. The number of rotatable bonds is 9. The molecule has 0 aliphatic heterocycles. The zero-order valence-electron chi connectivity index (χ0n) is 19.1. The summed E-state index contributed by atoms with van der Waals surface area (Å²) in [5.74, 6) is 0.571. The Kier molecular flexibility index (Phi) is 7.51. The normalized spacial score (nSPS) is 11.1. The molecule has 0 bridgehead atoms. The van der Waals surface area contributed by atoms with Gasteiger partial charge in [-0.15, -0.1) is 11.3 Å². The molecule has 4 nitrogen and oxygen atoms in total. The molecule has 1 N–H and O–H groups in total. The molecule has 5 rings (SSSR count). The van der Waals surface area contributed by atoms with Crippen LogP contribution in [-0.4, -0.2) is 28.2 Å². The lowest BCUT2D eigenvalue weighted by Gasteiger charge is -2.18. The number of carbonyl (C=O) groups is 1. The number of nitrogens with zero attached hydrogens (tertiary/aromatic N) is 2. The minimum atomic E-state index is 0.0122. The first kappa shape index (κ1) is 23.3. The Hall–Kier alpha value is -3.48. The standard InChI is InChI=1S/C29H25N3OS2/c33-26(30-17-16-24(21-10-4-1-5-11-21)22-12-6-2-7-13-22)19-35-29-27-25(23-14-8-3-9-15-23)18-34-28(27)31-20-32-29/h1-15,18,20,24H,16-17,19H2,(H,30,33). The molecule has 0 atom stereocenters. The molecule has 0 aliphatic carbocycles. The summed E-state index contributed by atoms with van der Waals surface area (Å²) in [5.41, 5.74) is 4.77. The van der Waals surface area contributed by atoms with E-state index in [2.05, 4.69) is 81.3 Å². The molecule has 0 unspecified atom stereocenters. The Bertz CT molecular complexity index is 1350. The lowest BCUT2D eigenvalue weighted by Crippen LogP contribution is -2.27. The van der Waals surface area contributed by atoms with E-state index in [0.717, 1.165) is 32.8 Å². The van der Waals surface area contributed by atoms with Crippen LogP contribution in [0.1, 0.15) is 23.5 Å². The number of thioether (sulfide) groups is 1. The molecule has 6 heteroatoms. The zero-order valence-corrected chi connectivity index (χ0v) is 20.8. The predicted molar refractivity (Wildman–Crippen MR) is 146 cm³/mol. The molecule has 3 aromatic carbocycles. The summed E-state index contributed by atoms with van der Waals surface area (Å²) in [4.78, 5) is 22.6. The fraction of sp³-hybridized carbons (Fsp3) is 0.138. The monoisotopic (exact) mass is 495 g/mol. The van der Waals surface area contributed by atoms with Gasteiger partial charge < -0.3 is 5.32 Å². The summed E-state index contributed by atoms with van der Waals surface area (Å²) in [6, 6.07) is 31.2. The van der Waals surface area contributed by atoms with Crippen molar-refractivity contribution in [1.29, 1.82) is 0 Å². The Morgan fingerprint density at radius 1 is 0.857 bits per heavy atom. The molecular weight excluding hydrogens is 470 g/mol. The van der Waals surface area contributed by atoms with Gasteiger partial charge >= 0.3 is 0 Å². The third-order valence-electron chi connectivity index (χ3n) is 5.92. The van der Waals surface area contributed by atoms with E-state index >= 15 is 0 Å². The van der Waals surface area contributed by atoms with Crippen LogP contribution in [0.5, 0.6) is 0 Å². The highest BCUT2D eigenvalue weighted by atomic mass is 32.2. The van der Waals surface area contributed by atoms with E-state index in [4.69, 9.17) is 0 Å². The van der Waals surface area contributed by atoms with Crippen molar-refractivity contribution < 1.29 is 4.79 Å². The van der Waals surface area contributed by atoms with Crippen molar-refractivity contribution >= 4 is 39.2 Å². The molecule has 0 spiro atoms. The van der Waals surface area contributed by atoms with E-state index < -0.39 is 0 Å². The second-order valence-corrected chi connectivity index (χ2v) is 10.00. The number of amides is 1. The number of aromatic nitrogens is 2. The molecule has 2 heterocycles. The van der Waals surface area contributed by atoms with Gasteiger partial charge in [-0.1, -0.05) is 103 Å². The van der Waals surface area contributed by atoms with Crippen molar-refractivity contribution in [2.24, 2.45) is 0 Å². The quantitative estimate of drug-likeness (QED) is 0.181. The van der Waals surface area contributed by atoms with Gasteiger partial charge in [0.05, 0.1) is 11.1 Å². The van der Waals surface area contributed by atoms with Gasteiger partial charge in [-0.3, -0.25) is 4.79 Å².